The van der Waals surface area contributed by atoms with Gasteiger partial charge in [0.15, 0.2) is 5.75 Å². The zero-order valence-corrected chi connectivity index (χ0v) is 18.0. The predicted octanol–water partition coefficient (Wildman–Crippen LogP) is 2.59. The molecule has 1 unspecified atom stereocenters. The molecular formula is C24H22N2O7. The molecule has 9 heteroatoms. The largest absolute Gasteiger partial charge is 0.496 e. The van der Waals surface area contributed by atoms with Gasteiger partial charge in [-0.1, -0.05) is 18.2 Å². The van der Waals surface area contributed by atoms with Gasteiger partial charge in [0.05, 0.1) is 32.0 Å². The van der Waals surface area contributed by atoms with E-state index in [0.717, 1.165) is 10.8 Å². The van der Waals surface area contributed by atoms with Crippen molar-refractivity contribution in [3.63, 3.8) is 0 Å². The topological polar surface area (TPSA) is 128 Å². The first-order chi connectivity index (χ1) is 15.8. The lowest BCUT2D eigenvalue weighted by molar-refractivity contribution is -0.120. The number of aromatic carboxylic acids is 1. The summed E-state index contributed by atoms with van der Waals surface area (Å²) >= 11 is 0. The fourth-order valence-electron chi connectivity index (χ4n) is 3.92. The molecule has 1 atom stereocenters. The van der Waals surface area contributed by atoms with Crippen LogP contribution in [0.3, 0.4) is 0 Å². The van der Waals surface area contributed by atoms with Crippen molar-refractivity contribution in [3.05, 3.63) is 65.2 Å². The molecule has 0 bridgehead atoms. The number of ether oxygens (including phenoxy) is 3. The minimum atomic E-state index is -1.17. The summed E-state index contributed by atoms with van der Waals surface area (Å²) in [6.07, 6.45) is 0. The Labute approximate surface area is 189 Å². The number of fused-ring (bicyclic) bond motifs is 2. The van der Waals surface area contributed by atoms with Crippen LogP contribution in [0, 0.1) is 0 Å². The van der Waals surface area contributed by atoms with Gasteiger partial charge >= 0.3 is 11.9 Å². The van der Waals surface area contributed by atoms with Crippen molar-refractivity contribution in [3.8, 4) is 11.5 Å². The highest BCUT2D eigenvalue weighted by atomic mass is 16.5. The Morgan fingerprint density at radius 3 is 2.67 bits per heavy atom. The Morgan fingerprint density at radius 2 is 1.97 bits per heavy atom. The van der Waals surface area contributed by atoms with Crippen LogP contribution in [-0.2, 0) is 16.1 Å². The van der Waals surface area contributed by atoms with E-state index < -0.39 is 23.9 Å². The normalized spacial score (nSPS) is 15.4. The van der Waals surface area contributed by atoms with Gasteiger partial charge in [0.25, 0.3) is 0 Å². The van der Waals surface area contributed by atoms with E-state index in [4.69, 9.17) is 19.9 Å². The average Bonchev–Trinajstić information content (AvgIpc) is 2.95. The summed E-state index contributed by atoms with van der Waals surface area (Å²) in [5.74, 6) is -1.45. The molecule has 1 heterocycles. The number of methoxy groups -OCH3 is 2. The Morgan fingerprint density at radius 1 is 1.18 bits per heavy atom. The van der Waals surface area contributed by atoms with Crippen molar-refractivity contribution in [1.82, 2.24) is 0 Å². The van der Waals surface area contributed by atoms with Gasteiger partial charge in [0.1, 0.15) is 24.0 Å². The highest BCUT2D eigenvalue weighted by Crippen LogP contribution is 2.38. The molecule has 3 aromatic carbocycles. The van der Waals surface area contributed by atoms with E-state index in [1.54, 1.807) is 42.5 Å². The number of para-hydroxylation sites is 1. The summed E-state index contributed by atoms with van der Waals surface area (Å²) < 4.78 is 16.0. The van der Waals surface area contributed by atoms with Crippen LogP contribution in [0.4, 0.5) is 5.69 Å². The van der Waals surface area contributed by atoms with Crippen LogP contribution >= 0.6 is 0 Å². The molecule has 1 aliphatic heterocycles. The van der Waals surface area contributed by atoms with Gasteiger partial charge in [-0.25, -0.2) is 9.59 Å². The number of benzene rings is 3. The Hall–Kier alpha value is -4.11. The third-order valence-electron chi connectivity index (χ3n) is 5.55. The summed E-state index contributed by atoms with van der Waals surface area (Å²) in [6, 6.07) is 12.2. The van der Waals surface area contributed by atoms with E-state index in [9.17, 15) is 19.5 Å². The SMILES string of the molecule is COC(=O)c1ccc2c(CN3C(=O)C(N)COc4c(C(=O)O)cccc43)c(OC)ccc2c1. The molecule has 1 aliphatic rings. The number of nitrogens with zero attached hydrogens (tertiary/aromatic N) is 1. The fraction of sp³-hybridized carbons (Fsp3) is 0.208. The quantitative estimate of drug-likeness (QED) is 0.568. The smallest absolute Gasteiger partial charge is 0.339 e. The van der Waals surface area contributed by atoms with Crippen LogP contribution in [0.25, 0.3) is 10.8 Å². The van der Waals surface area contributed by atoms with Gasteiger partial charge < -0.3 is 30.0 Å². The van der Waals surface area contributed by atoms with Crippen molar-refractivity contribution in [1.29, 1.82) is 0 Å². The van der Waals surface area contributed by atoms with Crippen LogP contribution < -0.4 is 20.1 Å². The van der Waals surface area contributed by atoms with E-state index in [2.05, 4.69) is 0 Å². The molecule has 0 saturated heterocycles. The molecule has 0 saturated carbocycles. The van der Waals surface area contributed by atoms with Crippen LogP contribution in [0.5, 0.6) is 11.5 Å². The lowest BCUT2D eigenvalue weighted by Gasteiger charge is -2.25. The number of carbonyl (C=O) groups is 3. The molecule has 0 radical (unpaired) electrons. The number of esters is 1. The summed E-state index contributed by atoms with van der Waals surface area (Å²) in [6.45, 7) is -0.105. The third kappa shape index (κ3) is 3.94. The van der Waals surface area contributed by atoms with Gasteiger partial charge in [-0.15, -0.1) is 0 Å². The highest BCUT2D eigenvalue weighted by molar-refractivity contribution is 6.03. The Bertz CT molecular complexity index is 1270. The minimum absolute atomic E-state index is 0.0457. The van der Waals surface area contributed by atoms with E-state index in [0.29, 0.717) is 22.6 Å². The van der Waals surface area contributed by atoms with Gasteiger partial charge in [-0.05, 0) is 41.1 Å². The molecule has 0 fully saturated rings. The zero-order chi connectivity index (χ0) is 23.7. The highest BCUT2D eigenvalue weighted by Gasteiger charge is 2.32. The molecule has 1 amide bonds. The number of rotatable bonds is 5. The Balaban J connectivity index is 1.87. The maximum absolute atomic E-state index is 13.2. The fourth-order valence-corrected chi connectivity index (χ4v) is 3.92. The maximum Gasteiger partial charge on any atom is 0.339 e. The van der Waals surface area contributed by atoms with Crippen LogP contribution in [-0.4, -0.2) is 49.8 Å². The molecule has 0 aliphatic carbocycles. The summed E-state index contributed by atoms with van der Waals surface area (Å²) in [5, 5.41) is 11.1. The number of carboxylic acid groups (broad SMARTS) is 1. The van der Waals surface area contributed by atoms with Gasteiger partial charge in [0, 0.05) is 5.56 Å². The number of nitrogens with two attached hydrogens (primary N) is 1. The number of carboxylic acids is 1. The summed E-state index contributed by atoms with van der Waals surface area (Å²) in [4.78, 5) is 38.3. The van der Waals surface area contributed by atoms with Gasteiger partial charge in [-0.2, -0.15) is 0 Å². The molecular weight excluding hydrogens is 428 g/mol. The second-order valence-corrected chi connectivity index (χ2v) is 7.47. The standard InChI is InChI=1S/C24H22N2O7/c1-31-20-9-7-13-10-14(24(30)32-2)6-8-15(13)17(20)11-26-19-5-3-4-16(23(28)29)21(19)33-12-18(25)22(26)27/h3-10,18H,11-12,25H2,1-2H3,(H,28,29). The number of carbonyl (C=O) groups excluding carboxylic acids is 2. The molecule has 9 nitrogen and oxygen atoms in total. The average molecular weight is 450 g/mol. The second-order valence-electron chi connectivity index (χ2n) is 7.47. The summed E-state index contributed by atoms with van der Waals surface area (Å²) in [7, 11) is 2.83. The van der Waals surface area contributed by atoms with E-state index in [-0.39, 0.29) is 24.5 Å². The zero-order valence-electron chi connectivity index (χ0n) is 18.0. The molecule has 0 aromatic heterocycles. The lowest BCUT2D eigenvalue weighted by atomic mass is 10.00. The third-order valence-corrected chi connectivity index (χ3v) is 5.55. The van der Waals surface area contributed by atoms with Crippen molar-refractivity contribution in [2.75, 3.05) is 25.7 Å². The van der Waals surface area contributed by atoms with Gasteiger partial charge in [0.2, 0.25) is 5.91 Å². The number of hydrogen-bond donors (Lipinski definition) is 2. The van der Waals surface area contributed by atoms with Crippen molar-refractivity contribution >= 4 is 34.3 Å². The number of anilines is 1. The second kappa shape index (κ2) is 8.79. The molecule has 33 heavy (non-hydrogen) atoms. The molecule has 4 rings (SSSR count). The molecule has 170 valence electrons. The number of hydrogen-bond acceptors (Lipinski definition) is 7. The van der Waals surface area contributed by atoms with Crippen LogP contribution in [0.2, 0.25) is 0 Å². The minimum Gasteiger partial charge on any atom is -0.496 e. The first-order valence-corrected chi connectivity index (χ1v) is 10.1. The lowest BCUT2D eigenvalue weighted by Crippen LogP contribution is -2.45. The summed E-state index contributed by atoms with van der Waals surface area (Å²) in [5.41, 5.74) is 7.33. The predicted molar refractivity (Wildman–Crippen MR) is 120 cm³/mol. The Kier molecular flexibility index (Phi) is 5.89. The number of amides is 1. The van der Waals surface area contributed by atoms with Crippen molar-refractivity contribution < 1.29 is 33.7 Å². The van der Waals surface area contributed by atoms with Crippen molar-refractivity contribution in [2.24, 2.45) is 5.73 Å². The van der Waals surface area contributed by atoms with E-state index in [1.807, 2.05) is 0 Å². The monoisotopic (exact) mass is 450 g/mol. The van der Waals surface area contributed by atoms with Crippen LogP contribution in [0.1, 0.15) is 26.3 Å². The van der Waals surface area contributed by atoms with E-state index in [1.165, 1.54) is 25.2 Å². The first kappa shape index (κ1) is 22.1. The van der Waals surface area contributed by atoms with Gasteiger partial charge in [-0.3, -0.25) is 4.79 Å². The van der Waals surface area contributed by atoms with E-state index >= 15 is 0 Å². The van der Waals surface area contributed by atoms with Crippen LogP contribution in [0.15, 0.2) is 48.5 Å². The molecule has 3 aromatic rings. The molecule has 0 spiro atoms. The first-order valence-electron chi connectivity index (χ1n) is 10.1. The van der Waals surface area contributed by atoms with Crippen molar-refractivity contribution in [2.45, 2.75) is 12.6 Å². The molecule has 3 N–H and O–H groups in total. The maximum atomic E-state index is 13.2.